The van der Waals surface area contributed by atoms with Crippen LogP contribution in [0.1, 0.15) is 52.6 Å². The summed E-state index contributed by atoms with van der Waals surface area (Å²) in [6.07, 6.45) is 3.82. The second kappa shape index (κ2) is 11.7. The van der Waals surface area contributed by atoms with Crippen molar-refractivity contribution in [3.8, 4) is 11.6 Å². The van der Waals surface area contributed by atoms with Crippen LogP contribution in [0.3, 0.4) is 0 Å². The Labute approximate surface area is 245 Å². The highest BCUT2D eigenvalue weighted by atomic mass is 19.1. The summed E-state index contributed by atoms with van der Waals surface area (Å²) in [6, 6.07) is 3.46. The van der Waals surface area contributed by atoms with Gasteiger partial charge in [0.1, 0.15) is 17.7 Å². The molecule has 0 saturated carbocycles. The van der Waals surface area contributed by atoms with E-state index in [4.69, 9.17) is 9.47 Å². The summed E-state index contributed by atoms with van der Waals surface area (Å²) in [5.41, 5.74) is 1.78. The number of urea groups is 1. The number of aromatic nitrogens is 3. The number of carbonyl (C=O) groups excluding carboxylic acids is 2. The number of carbonyl (C=O) groups is 2. The van der Waals surface area contributed by atoms with Crippen molar-refractivity contribution in [2.75, 3.05) is 26.3 Å². The first-order valence-electron chi connectivity index (χ1n) is 14.0. The number of rotatable bonds is 6. The Morgan fingerprint density at radius 1 is 1.05 bits per heavy atom. The minimum atomic E-state index is -0.736. The molecule has 11 nitrogen and oxygen atoms in total. The fourth-order valence-corrected chi connectivity index (χ4v) is 5.55. The van der Waals surface area contributed by atoms with Gasteiger partial charge in [0.2, 0.25) is 0 Å². The minimum Gasteiger partial charge on any atom is -0.483 e. The lowest BCUT2D eigenvalue weighted by Crippen LogP contribution is -2.58. The standard InChI is InChI=1S/C29H30F3N7O4/c1-16-27(28(40)35-21-4-7-42-8-5-21)17(2)38(36-16)26-12-25(23(32)13-33-26)43-22-14-37(15-22)29(41)39-24(3-6-34-39)18-9-19(30)11-20(31)10-18/h6,9-13,21-22,24H,3-5,7-8,14-15H2,1-2H3,(H,35,40). The zero-order chi connectivity index (χ0) is 30.2. The van der Waals surface area contributed by atoms with Crippen molar-refractivity contribution in [2.45, 2.75) is 51.3 Å². The lowest BCUT2D eigenvalue weighted by atomic mass is 10.0. The number of ether oxygens (including phenoxy) is 2. The van der Waals surface area contributed by atoms with Crippen LogP contribution in [0.2, 0.25) is 0 Å². The highest BCUT2D eigenvalue weighted by molar-refractivity contribution is 5.96. The summed E-state index contributed by atoms with van der Waals surface area (Å²) in [6.45, 7) is 4.97. The van der Waals surface area contributed by atoms with Gasteiger partial charge in [0, 0.05) is 44.0 Å². The number of halogens is 3. The molecule has 1 aromatic carbocycles. The molecule has 3 aliphatic rings. The van der Waals surface area contributed by atoms with E-state index in [2.05, 4.69) is 20.5 Å². The summed E-state index contributed by atoms with van der Waals surface area (Å²) in [7, 11) is 0. The third-order valence-electron chi connectivity index (χ3n) is 7.81. The van der Waals surface area contributed by atoms with Crippen LogP contribution >= 0.6 is 0 Å². The number of pyridine rings is 1. The average Bonchev–Trinajstić information content (AvgIpc) is 3.55. The van der Waals surface area contributed by atoms with Gasteiger partial charge >= 0.3 is 6.03 Å². The molecular weight excluding hydrogens is 567 g/mol. The number of likely N-dealkylation sites (tertiary alicyclic amines) is 1. The van der Waals surface area contributed by atoms with Crippen molar-refractivity contribution in [3.05, 3.63) is 70.4 Å². The Bertz CT molecular complexity index is 1560. The number of benzene rings is 1. The normalized spacial score (nSPS) is 19.0. The van der Waals surface area contributed by atoms with E-state index >= 15 is 0 Å². The van der Waals surface area contributed by atoms with E-state index in [1.54, 1.807) is 13.8 Å². The molecule has 0 spiro atoms. The molecule has 1 atom stereocenters. The van der Waals surface area contributed by atoms with Gasteiger partial charge in [-0.05, 0) is 44.4 Å². The monoisotopic (exact) mass is 597 g/mol. The van der Waals surface area contributed by atoms with Crippen LogP contribution in [0, 0.1) is 31.3 Å². The zero-order valence-electron chi connectivity index (χ0n) is 23.6. The van der Waals surface area contributed by atoms with Crippen molar-refractivity contribution in [1.82, 2.24) is 30.0 Å². The molecule has 3 amide bonds. The highest BCUT2D eigenvalue weighted by Crippen LogP contribution is 2.32. The molecule has 0 bridgehead atoms. The Morgan fingerprint density at radius 3 is 2.49 bits per heavy atom. The van der Waals surface area contributed by atoms with Crippen LogP contribution < -0.4 is 10.1 Å². The third kappa shape index (κ3) is 5.78. The first-order valence-corrected chi connectivity index (χ1v) is 14.0. The topological polar surface area (TPSA) is 114 Å². The second-order valence-electron chi connectivity index (χ2n) is 10.8. The van der Waals surface area contributed by atoms with Gasteiger partial charge in [-0.2, -0.15) is 10.2 Å². The van der Waals surface area contributed by atoms with Crippen molar-refractivity contribution in [2.24, 2.45) is 5.10 Å². The third-order valence-corrected chi connectivity index (χ3v) is 7.81. The summed E-state index contributed by atoms with van der Waals surface area (Å²) >= 11 is 0. The quantitative estimate of drug-likeness (QED) is 0.462. The summed E-state index contributed by atoms with van der Waals surface area (Å²) < 4.78 is 54.9. The number of hydrogen-bond acceptors (Lipinski definition) is 7. The van der Waals surface area contributed by atoms with E-state index in [0.717, 1.165) is 25.1 Å². The van der Waals surface area contributed by atoms with Gasteiger partial charge in [-0.25, -0.2) is 32.6 Å². The fourth-order valence-electron chi connectivity index (χ4n) is 5.55. The molecule has 3 aromatic rings. The Balaban J connectivity index is 1.11. The molecule has 2 saturated heterocycles. The first kappa shape index (κ1) is 28.6. The SMILES string of the molecule is Cc1nn(-c2cc(OC3CN(C(=O)N4N=CCC4c4cc(F)cc(F)c4)C3)c(F)cn2)c(C)c1C(=O)NC1CCOCC1. The van der Waals surface area contributed by atoms with Gasteiger partial charge in [-0.1, -0.05) is 0 Å². The van der Waals surface area contributed by atoms with Crippen molar-refractivity contribution < 1.29 is 32.2 Å². The maximum absolute atomic E-state index is 14.7. The van der Waals surface area contributed by atoms with Crippen molar-refractivity contribution in [1.29, 1.82) is 0 Å². The lowest BCUT2D eigenvalue weighted by Gasteiger charge is -2.41. The van der Waals surface area contributed by atoms with E-state index in [-0.39, 0.29) is 36.6 Å². The molecule has 1 N–H and O–H groups in total. The molecular formula is C29H30F3N7O4. The summed E-state index contributed by atoms with van der Waals surface area (Å²) in [5.74, 6) is -2.20. The summed E-state index contributed by atoms with van der Waals surface area (Å²) in [4.78, 5) is 31.7. The average molecular weight is 598 g/mol. The smallest absolute Gasteiger partial charge is 0.341 e. The maximum Gasteiger partial charge on any atom is 0.341 e. The summed E-state index contributed by atoms with van der Waals surface area (Å²) in [5, 5.41) is 12.8. The molecule has 2 fully saturated rings. The number of hydrazone groups is 1. The number of aryl methyl sites for hydroxylation is 1. The maximum atomic E-state index is 14.7. The van der Waals surface area contributed by atoms with Gasteiger partial charge < -0.3 is 19.7 Å². The van der Waals surface area contributed by atoms with Crippen molar-refractivity contribution >= 4 is 18.2 Å². The van der Waals surface area contributed by atoms with E-state index in [1.807, 2.05) is 0 Å². The van der Waals surface area contributed by atoms with Crippen LogP contribution in [-0.4, -0.2) is 81.3 Å². The number of hydrogen-bond donors (Lipinski definition) is 1. The predicted octanol–water partition coefficient (Wildman–Crippen LogP) is 3.83. The van der Waals surface area contributed by atoms with Gasteiger partial charge in [-0.15, -0.1) is 0 Å². The number of nitrogens with zero attached hydrogens (tertiary/aromatic N) is 6. The van der Waals surface area contributed by atoms with Crippen LogP contribution in [0.25, 0.3) is 5.82 Å². The Hall–Kier alpha value is -4.46. The molecule has 5 heterocycles. The van der Waals surface area contributed by atoms with Gasteiger partial charge in [-0.3, -0.25) is 4.79 Å². The number of amides is 3. The van der Waals surface area contributed by atoms with Crippen LogP contribution in [0.5, 0.6) is 5.75 Å². The lowest BCUT2D eigenvalue weighted by molar-refractivity contribution is 0.0256. The van der Waals surface area contributed by atoms with Crippen LogP contribution in [-0.2, 0) is 4.74 Å². The van der Waals surface area contributed by atoms with E-state index in [0.29, 0.717) is 42.1 Å². The molecule has 6 rings (SSSR count). The van der Waals surface area contributed by atoms with E-state index < -0.39 is 35.6 Å². The largest absolute Gasteiger partial charge is 0.483 e. The zero-order valence-corrected chi connectivity index (χ0v) is 23.6. The van der Waals surface area contributed by atoms with E-state index in [9.17, 15) is 22.8 Å². The Morgan fingerprint density at radius 2 is 1.77 bits per heavy atom. The van der Waals surface area contributed by atoms with Crippen molar-refractivity contribution in [3.63, 3.8) is 0 Å². The number of nitrogens with one attached hydrogen (secondary N) is 1. The van der Waals surface area contributed by atoms with Gasteiger partial charge in [0.15, 0.2) is 17.4 Å². The van der Waals surface area contributed by atoms with Gasteiger partial charge in [0.05, 0.1) is 42.3 Å². The molecule has 0 radical (unpaired) electrons. The van der Waals surface area contributed by atoms with Crippen LogP contribution in [0.4, 0.5) is 18.0 Å². The van der Waals surface area contributed by atoms with Crippen LogP contribution in [0.15, 0.2) is 35.6 Å². The molecule has 43 heavy (non-hydrogen) atoms. The van der Waals surface area contributed by atoms with E-state index in [1.165, 1.54) is 39.0 Å². The Kier molecular flexibility index (Phi) is 7.77. The highest BCUT2D eigenvalue weighted by Gasteiger charge is 2.39. The molecule has 0 aliphatic carbocycles. The first-order chi connectivity index (χ1) is 20.7. The second-order valence-corrected chi connectivity index (χ2v) is 10.8. The fraction of sp³-hybridized carbons (Fsp3) is 0.414. The molecule has 14 heteroatoms. The molecule has 1 unspecified atom stereocenters. The molecule has 226 valence electrons. The predicted molar refractivity (Wildman–Crippen MR) is 148 cm³/mol. The molecule has 2 aromatic heterocycles. The minimum absolute atomic E-state index is 0.0220. The van der Waals surface area contributed by atoms with Gasteiger partial charge in [0.25, 0.3) is 5.91 Å². The molecule has 3 aliphatic heterocycles.